The van der Waals surface area contributed by atoms with Gasteiger partial charge in [0.25, 0.3) is 0 Å². The molecule has 0 aliphatic carbocycles. The summed E-state index contributed by atoms with van der Waals surface area (Å²) in [6.45, 7) is 3.94. The average Bonchev–Trinajstić information content (AvgIpc) is 2.54. The van der Waals surface area contributed by atoms with E-state index in [0.29, 0.717) is 17.9 Å². The first kappa shape index (κ1) is 12.9. The Morgan fingerprint density at radius 1 is 1.44 bits per heavy atom. The Bertz CT molecular complexity index is 456. The number of aromatic nitrogens is 2. The average molecular weight is 244 g/mol. The highest BCUT2D eigenvalue weighted by molar-refractivity contribution is 7.89. The first-order valence-electron chi connectivity index (χ1n) is 4.85. The van der Waals surface area contributed by atoms with E-state index in [-0.39, 0.29) is 11.4 Å². The van der Waals surface area contributed by atoms with Gasteiger partial charge in [0, 0.05) is 13.1 Å². The van der Waals surface area contributed by atoms with Crippen molar-refractivity contribution >= 4 is 10.0 Å². The lowest BCUT2D eigenvalue weighted by Crippen LogP contribution is -2.24. The van der Waals surface area contributed by atoms with Crippen LogP contribution in [0.15, 0.2) is 17.0 Å². The first-order chi connectivity index (χ1) is 7.49. The highest BCUT2D eigenvalue weighted by Crippen LogP contribution is 2.15. The summed E-state index contributed by atoms with van der Waals surface area (Å²) >= 11 is 0. The van der Waals surface area contributed by atoms with Gasteiger partial charge in [0.2, 0.25) is 10.0 Å². The molecule has 0 unspecified atom stereocenters. The maximum atomic E-state index is 11.9. The van der Waals surface area contributed by atoms with E-state index in [0.717, 1.165) is 0 Å². The van der Waals surface area contributed by atoms with Crippen LogP contribution in [0.4, 0.5) is 0 Å². The van der Waals surface area contributed by atoms with Crippen LogP contribution in [0.5, 0.6) is 0 Å². The van der Waals surface area contributed by atoms with Gasteiger partial charge in [-0.05, 0) is 13.8 Å². The van der Waals surface area contributed by atoms with E-state index in [2.05, 4.69) is 14.9 Å². The van der Waals surface area contributed by atoms with Crippen LogP contribution in [0.1, 0.15) is 11.4 Å². The SMILES string of the molecule is Cc1n[nH]c(C)c1S(=O)(=O)NC/C=C/CN. The third-order valence-electron chi connectivity index (χ3n) is 2.02. The van der Waals surface area contributed by atoms with Gasteiger partial charge in [0.15, 0.2) is 0 Å². The Kier molecular flexibility index (Phi) is 4.22. The summed E-state index contributed by atoms with van der Waals surface area (Å²) < 4.78 is 26.2. The van der Waals surface area contributed by atoms with Crippen molar-refractivity contribution in [3.05, 3.63) is 23.5 Å². The fraction of sp³-hybridized carbons (Fsp3) is 0.444. The zero-order chi connectivity index (χ0) is 12.2. The summed E-state index contributed by atoms with van der Waals surface area (Å²) in [5.41, 5.74) is 6.24. The minimum absolute atomic E-state index is 0.216. The van der Waals surface area contributed by atoms with Crippen molar-refractivity contribution in [2.45, 2.75) is 18.7 Å². The molecular weight excluding hydrogens is 228 g/mol. The summed E-state index contributed by atoms with van der Waals surface area (Å²) in [6, 6.07) is 0. The second kappa shape index (κ2) is 5.24. The van der Waals surface area contributed by atoms with Crippen LogP contribution in [0.25, 0.3) is 0 Å². The molecular formula is C9H16N4O2S. The number of hydrogen-bond donors (Lipinski definition) is 3. The molecule has 0 spiro atoms. The van der Waals surface area contributed by atoms with Crippen LogP contribution in [0, 0.1) is 13.8 Å². The number of rotatable bonds is 5. The van der Waals surface area contributed by atoms with Gasteiger partial charge in [-0.3, -0.25) is 5.10 Å². The van der Waals surface area contributed by atoms with E-state index in [1.54, 1.807) is 26.0 Å². The summed E-state index contributed by atoms with van der Waals surface area (Å²) in [6.07, 6.45) is 3.36. The molecule has 7 heteroatoms. The number of hydrogen-bond acceptors (Lipinski definition) is 4. The topological polar surface area (TPSA) is 101 Å². The van der Waals surface area contributed by atoms with Gasteiger partial charge >= 0.3 is 0 Å². The van der Waals surface area contributed by atoms with Gasteiger partial charge in [-0.25, -0.2) is 13.1 Å². The van der Waals surface area contributed by atoms with Gasteiger partial charge in [-0.1, -0.05) is 12.2 Å². The number of aryl methyl sites for hydroxylation is 2. The molecule has 1 rings (SSSR count). The second-order valence-corrected chi connectivity index (χ2v) is 5.03. The Morgan fingerprint density at radius 3 is 2.62 bits per heavy atom. The zero-order valence-corrected chi connectivity index (χ0v) is 10.1. The van der Waals surface area contributed by atoms with Crippen molar-refractivity contribution in [2.24, 2.45) is 5.73 Å². The van der Waals surface area contributed by atoms with Crippen molar-refractivity contribution in [2.75, 3.05) is 13.1 Å². The highest BCUT2D eigenvalue weighted by atomic mass is 32.2. The minimum atomic E-state index is -3.49. The predicted octanol–water partition coefficient (Wildman–Crippen LogP) is -0.180. The van der Waals surface area contributed by atoms with Crippen LogP contribution in [-0.4, -0.2) is 31.7 Å². The van der Waals surface area contributed by atoms with Gasteiger partial charge in [-0.15, -0.1) is 0 Å². The van der Waals surface area contributed by atoms with Gasteiger partial charge < -0.3 is 5.73 Å². The Balaban J connectivity index is 2.83. The van der Waals surface area contributed by atoms with Crippen LogP contribution in [-0.2, 0) is 10.0 Å². The van der Waals surface area contributed by atoms with Crippen molar-refractivity contribution in [1.29, 1.82) is 0 Å². The van der Waals surface area contributed by atoms with Crippen molar-refractivity contribution in [3.63, 3.8) is 0 Å². The monoisotopic (exact) mass is 244 g/mol. The molecule has 0 aliphatic rings. The van der Waals surface area contributed by atoms with E-state index >= 15 is 0 Å². The smallest absolute Gasteiger partial charge is 0.244 e. The molecule has 0 saturated heterocycles. The van der Waals surface area contributed by atoms with Gasteiger partial charge in [0.1, 0.15) is 4.90 Å². The van der Waals surface area contributed by atoms with Crippen LogP contribution in [0.2, 0.25) is 0 Å². The summed E-state index contributed by atoms with van der Waals surface area (Å²) in [4.78, 5) is 0.216. The summed E-state index contributed by atoms with van der Waals surface area (Å²) in [5.74, 6) is 0. The van der Waals surface area contributed by atoms with Crippen LogP contribution >= 0.6 is 0 Å². The standard InChI is InChI=1S/C9H16N4O2S/c1-7-9(8(2)13-12-7)16(14,15)11-6-4-3-5-10/h3-4,11H,5-6,10H2,1-2H3,(H,12,13)/b4-3+. The predicted molar refractivity (Wildman–Crippen MR) is 61.4 cm³/mol. The number of nitrogens with one attached hydrogen (secondary N) is 2. The number of nitrogens with two attached hydrogens (primary N) is 1. The molecule has 0 aliphatic heterocycles. The third-order valence-corrected chi connectivity index (χ3v) is 3.71. The van der Waals surface area contributed by atoms with E-state index < -0.39 is 10.0 Å². The lowest BCUT2D eigenvalue weighted by molar-refractivity contribution is 0.584. The Morgan fingerprint density at radius 2 is 2.12 bits per heavy atom. The fourth-order valence-electron chi connectivity index (χ4n) is 1.35. The first-order valence-corrected chi connectivity index (χ1v) is 6.33. The molecule has 0 amide bonds. The van der Waals surface area contributed by atoms with Gasteiger partial charge in [-0.2, -0.15) is 5.10 Å². The second-order valence-electron chi connectivity index (χ2n) is 3.32. The molecule has 90 valence electrons. The molecule has 0 atom stereocenters. The molecule has 6 nitrogen and oxygen atoms in total. The molecule has 0 aromatic carbocycles. The summed E-state index contributed by atoms with van der Waals surface area (Å²) in [5, 5.41) is 6.48. The summed E-state index contributed by atoms with van der Waals surface area (Å²) in [7, 11) is -3.49. The number of aromatic amines is 1. The maximum Gasteiger partial charge on any atom is 0.244 e. The minimum Gasteiger partial charge on any atom is -0.327 e. The largest absolute Gasteiger partial charge is 0.327 e. The quantitative estimate of drug-likeness (QED) is 0.625. The molecule has 16 heavy (non-hydrogen) atoms. The van der Waals surface area contributed by atoms with Crippen LogP contribution < -0.4 is 10.5 Å². The highest BCUT2D eigenvalue weighted by Gasteiger charge is 2.20. The van der Waals surface area contributed by atoms with E-state index in [1.807, 2.05) is 0 Å². The third kappa shape index (κ3) is 2.91. The van der Waals surface area contributed by atoms with Crippen molar-refractivity contribution in [1.82, 2.24) is 14.9 Å². The molecule has 0 fully saturated rings. The number of H-pyrrole nitrogens is 1. The number of sulfonamides is 1. The lowest BCUT2D eigenvalue weighted by Gasteiger charge is -2.04. The van der Waals surface area contributed by atoms with Crippen LogP contribution in [0.3, 0.4) is 0 Å². The normalized spacial score (nSPS) is 12.4. The van der Waals surface area contributed by atoms with Crippen molar-refractivity contribution < 1.29 is 8.42 Å². The van der Waals surface area contributed by atoms with E-state index in [1.165, 1.54) is 0 Å². The van der Waals surface area contributed by atoms with E-state index in [4.69, 9.17) is 5.73 Å². The molecule has 0 saturated carbocycles. The molecule has 0 radical (unpaired) electrons. The molecule has 1 aromatic heterocycles. The lowest BCUT2D eigenvalue weighted by atomic mass is 10.4. The van der Waals surface area contributed by atoms with Gasteiger partial charge in [0.05, 0.1) is 11.4 Å². The molecule has 0 bridgehead atoms. The maximum absolute atomic E-state index is 11.9. The molecule has 1 heterocycles. The van der Waals surface area contributed by atoms with Crippen molar-refractivity contribution in [3.8, 4) is 0 Å². The molecule has 1 aromatic rings. The Hall–Kier alpha value is -1.18. The number of nitrogens with zero attached hydrogens (tertiary/aromatic N) is 1. The zero-order valence-electron chi connectivity index (χ0n) is 9.32. The Labute approximate surface area is 95.0 Å². The fourth-order valence-corrected chi connectivity index (χ4v) is 2.69. The van der Waals surface area contributed by atoms with E-state index in [9.17, 15) is 8.42 Å². The molecule has 4 N–H and O–H groups in total.